The first kappa shape index (κ1) is 23.0. The molecule has 6 nitrogen and oxygen atoms in total. The number of carbonyl (C=O) groups excluding carboxylic acids is 1. The molecule has 0 saturated heterocycles. The van der Waals surface area contributed by atoms with Gasteiger partial charge in [0.05, 0.1) is 11.5 Å². The van der Waals surface area contributed by atoms with Crippen LogP contribution in [0.2, 0.25) is 0 Å². The average molecular weight is 459 g/mol. The van der Waals surface area contributed by atoms with Crippen LogP contribution >= 0.6 is 11.3 Å². The molecule has 3 aromatic rings. The van der Waals surface area contributed by atoms with E-state index in [4.69, 9.17) is 4.74 Å². The summed E-state index contributed by atoms with van der Waals surface area (Å²) < 4.78 is 33.3. The van der Waals surface area contributed by atoms with Crippen LogP contribution < -0.4 is 14.8 Å². The summed E-state index contributed by atoms with van der Waals surface area (Å²) in [6, 6.07) is 17.3. The molecule has 8 heteroatoms. The first-order chi connectivity index (χ1) is 14.8. The zero-order chi connectivity index (χ0) is 22.3. The summed E-state index contributed by atoms with van der Waals surface area (Å²) in [4.78, 5) is 13.5. The Morgan fingerprint density at radius 1 is 1.03 bits per heavy atom. The number of nitrogens with one attached hydrogen (secondary N) is 2. The summed E-state index contributed by atoms with van der Waals surface area (Å²) in [5.41, 5.74) is 1.21. The van der Waals surface area contributed by atoms with Crippen molar-refractivity contribution in [3.8, 4) is 5.75 Å². The molecule has 0 bridgehead atoms. The SMILES string of the molecule is CC(C)COc1ccc(CNC(=O)c2cccc(S(=O)(=O)NCc3cccs3)c2)cc1. The molecular formula is C23H26N2O4S2. The van der Waals surface area contributed by atoms with Crippen LogP contribution in [0.4, 0.5) is 0 Å². The molecule has 1 heterocycles. The Hall–Kier alpha value is -2.68. The van der Waals surface area contributed by atoms with Crippen LogP contribution in [0.5, 0.6) is 5.75 Å². The molecule has 164 valence electrons. The van der Waals surface area contributed by atoms with Gasteiger partial charge in [-0.2, -0.15) is 0 Å². The second-order valence-electron chi connectivity index (χ2n) is 7.46. The minimum Gasteiger partial charge on any atom is -0.493 e. The lowest BCUT2D eigenvalue weighted by Gasteiger charge is -2.10. The highest BCUT2D eigenvalue weighted by atomic mass is 32.2. The van der Waals surface area contributed by atoms with Crippen molar-refractivity contribution < 1.29 is 17.9 Å². The Bertz CT molecular complexity index is 1090. The molecule has 0 atom stereocenters. The summed E-state index contributed by atoms with van der Waals surface area (Å²) in [6.45, 7) is 5.37. The van der Waals surface area contributed by atoms with Crippen LogP contribution in [0.3, 0.4) is 0 Å². The Kier molecular flexibility index (Phi) is 7.84. The number of carbonyl (C=O) groups is 1. The molecule has 2 aromatic carbocycles. The van der Waals surface area contributed by atoms with Gasteiger partial charge >= 0.3 is 0 Å². The van der Waals surface area contributed by atoms with Crippen LogP contribution in [0.25, 0.3) is 0 Å². The molecule has 1 amide bonds. The maximum atomic E-state index is 12.6. The Labute approximate surface area is 187 Å². The summed E-state index contributed by atoms with van der Waals surface area (Å²) in [5.74, 6) is 0.900. The number of sulfonamides is 1. The van der Waals surface area contributed by atoms with Crippen molar-refractivity contribution in [2.75, 3.05) is 6.61 Å². The van der Waals surface area contributed by atoms with Gasteiger partial charge in [-0.05, 0) is 53.3 Å². The van der Waals surface area contributed by atoms with E-state index in [1.165, 1.54) is 23.5 Å². The van der Waals surface area contributed by atoms with Crippen molar-refractivity contribution in [3.63, 3.8) is 0 Å². The quantitative estimate of drug-likeness (QED) is 0.477. The maximum Gasteiger partial charge on any atom is 0.251 e. The average Bonchev–Trinajstić information content (AvgIpc) is 3.29. The number of hydrogen-bond donors (Lipinski definition) is 2. The van der Waals surface area contributed by atoms with Gasteiger partial charge in [0.2, 0.25) is 10.0 Å². The Morgan fingerprint density at radius 3 is 2.48 bits per heavy atom. The normalized spacial score (nSPS) is 11.5. The zero-order valence-electron chi connectivity index (χ0n) is 17.5. The molecular weight excluding hydrogens is 432 g/mol. The van der Waals surface area contributed by atoms with Gasteiger partial charge in [-0.15, -0.1) is 11.3 Å². The van der Waals surface area contributed by atoms with Gasteiger partial charge < -0.3 is 10.1 Å². The summed E-state index contributed by atoms with van der Waals surface area (Å²) in [7, 11) is -3.71. The number of thiophene rings is 1. The minimum absolute atomic E-state index is 0.0587. The van der Waals surface area contributed by atoms with Crippen LogP contribution in [0.15, 0.2) is 70.9 Å². The first-order valence-corrected chi connectivity index (χ1v) is 12.3. The van der Waals surface area contributed by atoms with Crippen LogP contribution in [0, 0.1) is 5.92 Å². The van der Waals surface area contributed by atoms with E-state index in [0.29, 0.717) is 19.1 Å². The number of amides is 1. The van der Waals surface area contributed by atoms with Gasteiger partial charge in [0.15, 0.2) is 0 Å². The molecule has 0 aliphatic carbocycles. The molecule has 0 aliphatic heterocycles. The maximum absolute atomic E-state index is 12.6. The van der Waals surface area contributed by atoms with E-state index in [1.54, 1.807) is 12.1 Å². The fourth-order valence-electron chi connectivity index (χ4n) is 2.72. The third kappa shape index (κ3) is 6.92. The predicted octanol–water partition coefficient (Wildman–Crippen LogP) is 4.19. The lowest BCUT2D eigenvalue weighted by atomic mass is 10.2. The Balaban J connectivity index is 1.58. The molecule has 0 saturated carbocycles. The van der Waals surface area contributed by atoms with Crippen LogP contribution in [-0.4, -0.2) is 20.9 Å². The third-order valence-electron chi connectivity index (χ3n) is 4.38. The van der Waals surface area contributed by atoms with E-state index < -0.39 is 10.0 Å². The van der Waals surface area contributed by atoms with Crippen molar-refractivity contribution in [1.82, 2.24) is 10.0 Å². The van der Waals surface area contributed by atoms with Gasteiger partial charge in [-0.3, -0.25) is 4.79 Å². The smallest absolute Gasteiger partial charge is 0.251 e. The number of hydrogen-bond acceptors (Lipinski definition) is 5. The van der Waals surface area contributed by atoms with Gasteiger partial charge in [0.25, 0.3) is 5.91 Å². The molecule has 31 heavy (non-hydrogen) atoms. The number of ether oxygens (including phenoxy) is 1. The molecule has 0 radical (unpaired) electrons. The second kappa shape index (κ2) is 10.6. The molecule has 2 N–H and O–H groups in total. The number of rotatable bonds is 10. The van der Waals surface area contributed by atoms with Crippen molar-refractivity contribution >= 4 is 27.3 Å². The van der Waals surface area contributed by atoms with E-state index in [2.05, 4.69) is 23.9 Å². The fourth-order valence-corrected chi connectivity index (χ4v) is 4.51. The number of benzene rings is 2. The van der Waals surface area contributed by atoms with E-state index in [9.17, 15) is 13.2 Å². The van der Waals surface area contributed by atoms with E-state index >= 15 is 0 Å². The summed E-state index contributed by atoms with van der Waals surface area (Å²) >= 11 is 1.48. The molecule has 3 rings (SSSR count). The lowest BCUT2D eigenvalue weighted by Crippen LogP contribution is -2.25. The highest BCUT2D eigenvalue weighted by Crippen LogP contribution is 2.15. The molecule has 0 aliphatic rings. The Morgan fingerprint density at radius 2 is 1.81 bits per heavy atom. The fraction of sp³-hybridized carbons (Fsp3) is 0.261. The first-order valence-electron chi connectivity index (χ1n) is 9.95. The molecule has 1 aromatic heterocycles. The second-order valence-corrected chi connectivity index (χ2v) is 10.3. The highest BCUT2D eigenvalue weighted by Gasteiger charge is 2.16. The third-order valence-corrected chi connectivity index (χ3v) is 6.66. The van der Waals surface area contributed by atoms with E-state index in [1.807, 2.05) is 41.8 Å². The van der Waals surface area contributed by atoms with Gasteiger partial charge in [0.1, 0.15) is 5.75 Å². The standard InChI is InChI=1S/C23H26N2O4S2/c1-17(2)16-29-20-10-8-18(9-11-20)14-24-23(26)19-5-3-7-22(13-19)31(27,28)25-15-21-6-4-12-30-21/h3-13,17,25H,14-16H2,1-2H3,(H,24,26). The van der Waals surface area contributed by atoms with Crippen molar-refractivity contribution in [3.05, 3.63) is 82.0 Å². The zero-order valence-corrected chi connectivity index (χ0v) is 19.1. The van der Waals surface area contributed by atoms with E-state index in [-0.39, 0.29) is 22.9 Å². The highest BCUT2D eigenvalue weighted by molar-refractivity contribution is 7.89. The molecule has 0 spiro atoms. The van der Waals surface area contributed by atoms with Gasteiger partial charge in [-0.1, -0.05) is 38.1 Å². The van der Waals surface area contributed by atoms with Crippen molar-refractivity contribution in [2.45, 2.75) is 31.8 Å². The predicted molar refractivity (Wildman–Crippen MR) is 123 cm³/mol. The molecule has 0 unspecified atom stereocenters. The van der Waals surface area contributed by atoms with Crippen molar-refractivity contribution in [2.24, 2.45) is 5.92 Å². The van der Waals surface area contributed by atoms with E-state index in [0.717, 1.165) is 16.2 Å². The molecule has 0 fully saturated rings. The monoisotopic (exact) mass is 458 g/mol. The van der Waals surface area contributed by atoms with Crippen LogP contribution in [-0.2, 0) is 23.1 Å². The van der Waals surface area contributed by atoms with Gasteiger partial charge in [-0.25, -0.2) is 13.1 Å². The minimum atomic E-state index is -3.71. The van der Waals surface area contributed by atoms with Crippen molar-refractivity contribution in [1.29, 1.82) is 0 Å². The van der Waals surface area contributed by atoms with Crippen LogP contribution in [0.1, 0.15) is 34.6 Å². The largest absolute Gasteiger partial charge is 0.493 e. The topological polar surface area (TPSA) is 84.5 Å². The lowest BCUT2D eigenvalue weighted by molar-refractivity contribution is 0.0950. The summed E-state index contributed by atoms with van der Waals surface area (Å²) in [6.07, 6.45) is 0. The van der Waals surface area contributed by atoms with Gasteiger partial charge in [0, 0.05) is 23.5 Å². The summed E-state index contributed by atoms with van der Waals surface area (Å²) in [5, 5.41) is 4.71.